The Hall–Kier alpha value is -0.0600. The topological polar surface area (TPSA) is 15.3 Å². The maximum Gasteiger partial charge on any atom is 0.0514 e. The summed E-state index contributed by atoms with van der Waals surface area (Å²) in [5.41, 5.74) is 1.33. The normalized spacial score (nSPS) is 27.9. The summed E-state index contributed by atoms with van der Waals surface area (Å²) in [5, 5.41) is 3.80. The summed E-state index contributed by atoms with van der Waals surface area (Å²) in [5.74, 6) is 0.864. The first-order chi connectivity index (χ1) is 10.1. The summed E-state index contributed by atoms with van der Waals surface area (Å²) in [7, 11) is 0. The number of hydrogen-bond acceptors (Lipinski definition) is 2. The van der Waals surface area contributed by atoms with Crippen molar-refractivity contribution in [1.82, 2.24) is 5.32 Å². The zero-order valence-corrected chi connectivity index (χ0v) is 15.8. The van der Waals surface area contributed by atoms with E-state index in [1.54, 1.807) is 0 Å². The van der Waals surface area contributed by atoms with Crippen LogP contribution in [-0.4, -0.2) is 25.2 Å². The van der Waals surface area contributed by atoms with Gasteiger partial charge in [-0.15, -0.1) is 0 Å². The van der Waals surface area contributed by atoms with Crippen molar-refractivity contribution in [3.63, 3.8) is 0 Å². The van der Waals surface area contributed by atoms with Gasteiger partial charge in [-0.3, -0.25) is 0 Å². The molecule has 1 saturated heterocycles. The van der Waals surface area contributed by atoms with Crippen LogP contribution in [-0.2, 0) is 0 Å². The second-order valence-electron chi connectivity index (χ2n) is 6.51. The number of benzene rings is 1. The fourth-order valence-electron chi connectivity index (χ4n) is 3.79. The third-order valence-corrected chi connectivity index (χ3v) is 6.17. The second kappa shape index (κ2) is 7.01. The van der Waals surface area contributed by atoms with Gasteiger partial charge in [0.2, 0.25) is 0 Å². The highest BCUT2D eigenvalue weighted by atomic mass is 79.9. The molecular formula is C17H24Br2N2. The number of hydrogen-bond donors (Lipinski definition) is 1. The lowest BCUT2D eigenvalue weighted by molar-refractivity contribution is 0.245. The summed E-state index contributed by atoms with van der Waals surface area (Å²) in [6, 6.07) is 7.72. The molecule has 3 rings (SSSR count). The number of piperazine rings is 1. The van der Waals surface area contributed by atoms with Crippen LogP contribution in [0.5, 0.6) is 0 Å². The highest BCUT2D eigenvalue weighted by Crippen LogP contribution is 2.34. The van der Waals surface area contributed by atoms with Gasteiger partial charge in [-0.05, 0) is 59.8 Å². The van der Waals surface area contributed by atoms with Gasteiger partial charge in [-0.1, -0.05) is 35.2 Å². The standard InChI is InChI=1S/C17H24Br2N2/c1-12-10-20-16(13-5-3-2-4-6-13)11-21(12)17-8-7-14(18)9-15(17)19/h7-9,12-13,16,20H,2-6,10-11H2,1H3. The Kier molecular flexibility index (Phi) is 5.28. The monoisotopic (exact) mass is 414 g/mol. The number of nitrogens with one attached hydrogen (secondary N) is 1. The molecule has 2 atom stereocenters. The molecule has 21 heavy (non-hydrogen) atoms. The second-order valence-corrected chi connectivity index (χ2v) is 8.28. The van der Waals surface area contributed by atoms with Crippen LogP contribution in [0.25, 0.3) is 0 Å². The van der Waals surface area contributed by atoms with Gasteiger partial charge in [0.15, 0.2) is 0 Å². The lowest BCUT2D eigenvalue weighted by atomic mass is 9.82. The molecule has 2 aliphatic rings. The van der Waals surface area contributed by atoms with Crippen LogP contribution >= 0.6 is 31.9 Å². The van der Waals surface area contributed by atoms with Crippen LogP contribution in [0, 0.1) is 5.92 Å². The van der Waals surface area contributed by atoms with E-state index in [1.807, 2.05) is 0 Å². The average Bonchev–Trinajstić information content (AvgIpc) is 2.49. The largest absolute Gasteiger partial charge is 0.365 e. The lowest BCUT2D eigenvalue weighted by Crippen LogP contribution is -2.58. The number of halogens is 2. The van der Waals surface area contributed by atoms with Crippen molar-refractivity contribution >= 4 is 37.5 Å². The van der Waals surface area contributed by atoms with Gasteiger partial charge in [0.05, 0.1) is 5.69 Å². The van der Waals surface area contributed by atoms with Crippen LogP contribution in [0.4, 0.5) is 5.69 Å². The number of anilines is 1. The van der Waals surface area contributed by atoms with Crippen molar-refractivity contribution in [2.45, 2.75) is 51.1 Å². The summed E-state index contributed by atoms with van der Waals surface area (Å²) < 4.78 is 2.32. The van der Waals surface area contributed by atoms with Crippen LogP contribution in [0.1, 0.15) is 39.0 Å². The van der Waals surface area contributed by atoms with E-state index in [0.29, 0.717) is 12.1 Å². The first-order valence-electron chi connectivity index (χ1n) is 8.10. The Morgan fingerprint density at radius 2 is 1.90 bits per heavy atom. The van der Waals surface area contributed by atoms with E-state index < -0.39 is 0 Å². The quantitative estimate of drug-likeness (QED) is 0.734. The molecule has 1 heterocycles. The molecule has 0 bridgehead atoms. The molecule has 0 aromatic heterocycles. The molecule has 1 aromatic rings. The number of rotatable bonds is 2. The molecule has 4 heteroatoms. The summed E-state index contributed by atoms with van der Waals surface area (Å²) in [6.07, 6.45) is 7.07. The van der Waals surface area contributed by atoms with E-state index in [9.17, 15) is 0 Å². The van der Waals surface area contributed by atoms with Gasteiger partial charge in [-0.2, -0.15) is 0 Å². The van der Waals surface area contributed by atoms with Crippen molar-refractivity contribution in [2.24, 2.45) is 5.92 Å². The van der Waals surface area contributed by atoms with E-state index in [1.165, 1.54) is 42.3 Å². The van der Waals surface area contributed by atoms with Crippen LogP contribution in [0.3, 0.4) is 0 Å². The van der Waals surface area contributed by atoms with Gasteiger partial charge in [0.25, 0.3) is 0 Å². The molecule has 1 aliphatic heterocycles. The molecule has 1 aliphatic carbocycles. The Bertz CT molecular complexity index is 486. The predicted molar refractivity (Wildman–Crippen MR) is 97.0 cm³/mol. The van der Waals surface area contributed by atoms with Crippen molar-refractivity contribution in [1.29, 1.82) is 0 Å². The third-order valence-electron chi connectivity index (χ3n) is 5.04. The Morgan fingerprint density at radius 3 is 2.62 bits per heavy atom. The maximum absolute atomic E-state index is 3.80. The minimum Gasteiger partial charge on any atom is -0.365 e. The molecule has 1 aromatic carbocycles. The lowest BCUT2D eigenvalue weighted by Gasteiger charge is -2.44. The van der Waals surface area contributed by atoms with Gasteiger partial charge in [0.1, 0.15) is 0 Å². The van der Waals surface area contributed by atoms with Crippen molar-refractivity contribution in [3.8, 4) is 0 Å². The molecular weight excluding hydrogens is 392 g/mol. The van der Waals surface area contributed by atoms with E-state index in [0.717, 1.165) is 23.5 Å². The van der Waals surface area contributed by atoms with E-state index in [2.05, 4.69) is 67.2 Å². The fraction of sp³-hybridized carbons (Fsp3) is 0.647. The van der Waals surface area contributed by atoms with Gasteiger partial charge in [-0.25, -0.2) is 0 Å². The molecule has 116 valence electrons. The fourth-order valence-corrected chi connectivity index (χ4v) is 5.07. The molecule has 0 amide bonds. The minimum absolute atomic E-state index is 0.544. The first-order valence-corrected chi connectivity index (χ1v) is 9.69. The van der Waals surface area contributed by atoms with E-state index >= 15 is 0 Å². The van der Waals surface area contributed by atoms with Crippen LogP contribution in [0.2, 0.25) is 0 Å². The molecule has 0 spiro atoms. The smallest absolute Gasteiger partial charge is 0.0514 e. The highest BCUT2D eigenvalue weighted by molar-refractivity contribution is 9.11. The van der Waals surface area contributed by atoms with E-state index in [-0.39, 0.29) is 0 Å². The minimum atomic E-state index is 0.544. The predicted octanol–water partition coefficient (Wildman–Crippen LogP) is 4.96. The highest BCUT2D eigenvalue weighted by Gasteiger charge is 2.31. The molecule has 2 nitrogen and oxygen atoms in total. The van der Waals surface area contributed by atoms with Crippen molar-refractivity contribution in [2.75, 3.05) is 18.0 Å². The van der Waals surface area contributed by atoms with Gasteiger partial charge >= 0.3 is 0 Å². The zero-order chi connectivity index (χ0) is 14.8. The summed E-state index contributed by atoms with van der Waals surface area (Å²) >= 11 is 7.28. The SMILES string of the molecule is CC1CNC(C2CCCCC2)CN1c1ccc(Br)cc1Br. The maximum atomic E-state index is 3.80. The molecule has 1 saturated carbocycles. The van der Waals surface area contributed by atoms with Crippen molar-refractivity contribution in [3.05, 3.63) is 27.1 Å². The van der Waals surface area contributed by atoms with E-state index in [4.69, 9.17) is 0 Å². The molecule has 1 N–H and O–H groups in total. The Morgan fingerprint density at radius 1 is 1.14 bits per heavy atom. The molecule has 2 unspecified atom stereocenters. The van der Waals surface area contributed by atoms with Gasteiger partial charge < -0.3 is 10.2 Å². The molecule has 2 fully saturated rings. The Labute approximate surface area is 144 Å². The van der Waals surface area contributed by atoms with Crippen LogP contribution < -0.4 is 10.2 Å². The van der Waals surface area contributed by atoms with Crippen molar-refractivity contribution < 1.29 is 0 Å². The summed E-state index contributed by atoms with van der Waals surface area (Å²) in [4.78, 5) is 2.58. The summed E-state index contributed by atoms with van der Waals surface area (Å²) in [6.45, 7) is 4.54. The van der Waals surface area contributed by atoms with Gasteiger partial charge in [0, 0.05) is 34.1 Å². The number of nitrogens with zero attached hydrogens (tertiary/aromatic N) is 1. The van der Waals surface area contributed by atoms with Crippen LogP contribution in [0.15, 0.2) is 27.1 Å². The molecule has 0 radical (unpaired) electrons. The third kappa shape index (κ3) is 3.65. The Balaban J connectivity index is 1.76. The average molecular weight is 416 g/mol. The zero-order valence-electron chi connectivity index (χ0n) is 12.6. The first kappa shape index (κ1) is 15.8.